The fourth-order valence-corrected chi connectivity index (χ4v) is 4.26. The summed E-state index contributed by atoms with van der Waals surface area (Å²) in [7, 11) is 3.76. The van der Waals surface area contributed by atoms with E-state index in [4.69, 9.17) is 0 Å². The third-order valence-corrected chi connectivity index (χ3v) is 5.83. The molecule has 0 spiro atoms. The molecule has 4 heterocycles. The Balaban J connectivity index is 1.45. The van der Waals surface area contributed by atoms with Gasteiger partial charge in [-0.05, 0) is 25.3 Å². The summed E-state index contributed by atoms with van der Waals surface area (Å²) in [5, 5.41) is 8.90. The van der Waals surface area contributed by atoms with E-state index < -0.39 is 0 Å². The molecule has 1 saturated heterocycles. The summed E-state index contributed by atoms with van der Waals surface area (Å²) < 4.78 is 3.56. The number of rotatable bonds is 4. The second-order valence-electron chi connectivity index (χ2n) is 7.79. The highest BCUT2D eigenvalue weighted by Gasteiger charge is 2.28. The van der Waals surface area contributed by atoms with Crippen LogP contribution in [-0.4, -0.2) is 60.8 Å². The molecule has 0 bridgehead atoms. The van der Waals surface area contributed by atoms with Crippen LogP contribution in [0.25, 0.3) is 0 Å². The van der Waals surface area contributed by atoms with Crippen molar-refractivity contribution in [3.05, 3.63) is 34.9 Å². The van der Waals surface area contributed by atoms with Crippen LogP contribution in [0.3, 0.4) is 0 Å². The molecule has 2 aromatic rings. The lowest BCUT2D eigenvalue weighted by molar-refractivity contribution is -0.132. The molecule has 0 aromatic carbocycles. The zero-order valence-corrected chi connectivity index (χ0v) is 16.7. The number of piperidine rings is 1. The van der Waals surface area contributed by atoms with Gasteiger partial charge in [0.2, 0.25) is 5.91 Å². The van der Waals surface area contributed by atoms with Gasteiger partial charge in [0, 0.05) is 77.0 Å². The molecule has 2 aliphatic rings. The van der Waals surface area contributed by atoms with Gasteiger partial charge in [0.05, 0.1) is 5.69 Å². The van der Waals surface area contributed by atoms with E-state index in [9.17, 15) is 9.59 Å². The Morgan fingerprint density at radius 3 is 2.54 bits per heavy atom. The van der Waals surface area contributed by atoms with Crippen LogP contribution >= 0.6 is 0 Å². The summed E-state index contributed by atoms with van der Waals surface area (Å²) in [5.74, 6) is 0.168. The number of hydrogen-bond donors (Lipinski definition) is 0. The number of hydrogen-bond acceptors (Lipinski definition) is 4. The van der Waals surface area contributed by atoms with Crippen LogP contribution < -0.4 is 0 Å². The van der Waals surface area contributed by atoms with Crippen LogP contribution in [-0.2, 0) is 38.3 Å². The number of aromatic nitrogens is 4. The predicted molar refractivity (Wildman–Crippen MR) is 104 cm³/mol. The summed E-state index contributed by atoms with van der Waals surface area (Å²) in [4.78, 5) is 29.1. The first-order valence-electron chi connectivity index (χ1n) is 10.1. The number of aryl methyl sites for hydroxylation is 3. The van der Waals surface area contributed by atoms with Gasteiger partial charge >= 0.3 is 0 Å². The predicted octanol–water partition coefficient (Wildman–Crippen LogP) is 1.30. The Bertz CT molecular complexity index is 877. The topological polar surface area (TPSA) is 76.3 Å². The maximum Gasteiger partial charge on any atom is 0.274 e. The van der Waals surface area contributed by atoms with E-state index in [-0.39, 0.29) is 11.8 Å². The van der Waals surface area contributed by atoms with Crippen molar-refractivity contribution in [2.75, 3.05) is 19.6 Å². The molecule has 0 N–H and O–H groups in total. The van der Waals surface area contributed by atoms with Crippen LogP contribution in [0.4, 0.5) is 0 Å². The Morgan fingerprint density at radius 1 is 1.04 bits per heavy atom. The average Bonchev–Trinajstić information content (AvgIpc) is 3.29. The molecular weight excluding hydrogens is 356 g/mol. The van der Waals surface area contributed by atoms with Crippen molar-refractivity contribution >= 4 is 11.8 Å². The van der Waals surface area contributed by atoms with Gasteiger partial charge in [-0.2, -0.15) is 10.2 Å². The minimum absolute atomic E-state index is 0.0505. The monoisotopic (exact) mass is 384 g/mol. The van der Waals surface area contributed by atoms with Gasteiger partial charge in [0.25, 0.3) is 5.91 Å². The standard InChI is InChI=1S/C20H28N6O2/c1-23-12-8-17(21-23)20(28)26-13-9-18-15(14-26)16(22-24(18)2)6-7-19(27)25-10-4-3-5-11-25/h8,12H,3-7,9-11,13-14H2,1-2H3. The molecule has 2 aliphatic heterocycles. The molecule has 0 atom stereocenters. The number of fused-ring (bicyclic) bond motifs is 1. The molecule has 4 rings (SSSR count). The minimum Gasteiger partial charge on any atom is -0.343 e. The van der Waals surface area contributed by atoms with E-state index in [1.54, 1.807) is 16.9 Å². The number of carbonyl (C=O) groups is 2. The lowest BCUT2D eigenvalue weighted by atomic mass is 10.0. The van der Waals surface area contributed by atoms with Crippen molar-refractivity contribution in [1.82, 2.24) is 29.4 Å². The SMILES string of the molecule is Cn1ccc(C(=O)N2CCc3c(c(CCC(=O)N4CCCCC4)nn3C)C2)n1. The number of nitrogens with zero attached hydrogens (tertiary/aromatic N) is 6. The van der Waals surface area contributed by atoms with Crippen LogP contribution in [0.1, 0.15) is 53.1 Å². The lowest BCUT2D eigenvalue weighted by Crippen LogP contribution is -2.37. The zero-order valence-electron chi connectivity index (χ0n) is 16.7. The zero-order chi connectivity index (χ0) is 19.7. The molecule has 0 unspecified atom stereocenters. The maximum absolute atomic E-state index is 12.8. The maximum atomic E-state index is 12.8. The lowest BCUT2D eigenvalue weighted by Gasteiger charge is -2.28. The molecule has 28 heavy (non-hydrogen) atoms. The summed E-state index contributed by atoms with van der Waals surface area (Å²) in [6.07, 6.45) is 7.10. The summed E-state index contributed by atoms with van der Waals surface area (Å²) in [5.41, 5.74) is 3.69. The van der Waals surface area contributed by atoms with Gasteiger partial charge in [-0.15, -0.1) is 0 Å². The van der Waals surface area contributed by atoms with Gasteiger partial charge < -0.3 is 9.80 Å². The van der Waals surface area contributed by atoms with E-state index >= 15 is 0 Å². The van der Waals surface area contributed by atoms with E-state index in [2.05, 4.69) is 10.2 Å². The molecule has 0 radical (unpaired) electrons. The Morgan fingerprint density at radius 2 is 1.82 bits per heavy atom. The molecule has 2 aromatic heterocycles. The van der Waals surface area contributed by atoms with Crippen molar-refractivity contribution in [3.8, 4) is 0 Å². The average molecular weight is 384 g/mol. The Kier molecular flexibility index (Phi) is 5.19. The van der Waals surface area contributed by atoms with Crippen LogP contribution in [0, 0.1) is 0 Å². The normalized spacial score (nSPS) is 16.9. The largest absolute Gasteiger partial charge is 0.343 e. The molecule has 8 nitrogen and oxygen atoms in total. The van der Waals surface area contributed by atoms with Crippen molar-refractivity contribution in [2.45, 2.75) is 45.1 Å². The molecule has 2 amide bonds. The van der Waals surface area contributed by atoms with Gasteiger partial charge in [-0.1, -0.05) is 0 Å². The fourth-order valence-electron chi connectivity index (χ4n) is 4.26. The third kappa shape index (κ3) is 3.68. The second kappa shape index (κ2) is 7.77. The highest BCUT2D eigenvalue weighted by atomic mass is 16.2. The van der Waals surface area contributed by atoms with E-state index in [0.717, 1.165) is 43.6 Å². The van der Waals surface area contributed by atoms with Crippen molar-refractivity contribution in [3.63, 3.8) is 0 Å². The van der Waals surface area contributed by atoms with Crippen LogP contribution in [0.2, 0.25) is 0 Å². The van der Waals surface area contributed by atoms with Gasteiger partial charge in [-0.25, -0.2) is 0 Å². The molecule has 0 aliphatic carbocycles. The summed E-state index contributed by atoms with van der Waals surface area (Å²) >= 11 is 0. The second-order valence-corrected chi connectivity index (χ2v) is 7.79. The van der Waals surface area contributed by atoms with Crippen molar-refractivity contribution in [1.29, 1.82) is 0 Å². The molecule has 8 heteroatoms. The quantitative estimate of drug-likeness (QED) is 0.796. The Labute approximate surface area is 165 Å². The first kappa shape index (κ1) is 18.7. The number of likely N-dealkylation sites (tertiary alicyclic amines) is 1. The minimum atomic E-state index is -0.0505. The van der Waals surface area contributed by atoms with Crippen LogP contribution in [0.5, 0.6) is 0 Å². The Hall–Kier alpha value is -2.64. The molecule has 1 fully saturated rings. The smallest absolute Gasteiger partial charge is 0.274 e. The van der Waals surface area contributed by atoms with Gasteiger partial charge in [0.15, 0.2) is 0 Å². The van der Waals surface area contributed by atoms with Crippen molar-refractivity contribution < 1.29 is 9.59 Å². The van der Waals surface area contributed by atoms with E-state index in [1.165, 1.54) is 12.1 Å². The van der Waals surface area contributed by atoms with Gasteiger partial charge in [-0.3, -0.25) is 19.0 Å². The first-order chi connectivity index (χ1) is 13.5. The van der Waals surface area contributed by atoms with Crippen LogP contribution in [0.15, 0.2) is 12.3 Å². The highest BCUT2D eigenvalue weighted by Crippen LogP contribution is 2.24. The van der Waals surface area contributed by atoms with Crippen molar-refractivity contribution in [2.24, 2.45) is 14.1 Å². The molecule has 150 valence electrons. The number of amides is 2. The molecular formula is C20H28N6O2. The third-order valence-electron chi connectivity index (χ3n) is 5.83. The number of carbonyl (C=O) groups excluding carboxylic acids is 2. The first-order valence-corrected chi connectivity index (χ1v) is 10.1. The molecule has 0 saturated carbocycles. The highest BCUT2D eigenvalue weighted by molar-refractivity contribution is 5.92. The van der Waals surface area contributed by atoms with Gasteiger partial charge in [0.1, 0.15) is 5.69 Å². The summed E-state index contributed by atoms with van der Waals surface area (Å²) in [6.45, 7) is 2.96. The fraction of sp³-hybridized carbons (Fsp3) is 0.600. The van der Waals surface area contributed by atoms with E-state index in [0.29, 0.717) is 31.6 Å². The van der Waals surface area contributed by atoms with E-state index in [1.807, 2.05) is 28.6 Å². The summed E-state index contributed by atoms with van der Waals surface area (Å²) in [6, 6.07) is 1.75.